The Morgan fingerprint density at radius 2 is 1.96 bits per heavy atom. The minimum Gasteiger partial charge on any atom is -0.369 e. The normalized spacial score (nSPS) is 16.9. The molecule has 0 aliphatic carbocycles. The molecule has 1 atom stereocenters. The first-order valence-electron chi connectivity index (χ1n) is 9.16. The zero-order chi connectivity index (χ0) is 18.8. The predicted octanol–water partition coefficient (Wildman–Crippen LogP) is 4.40. The van der Waals surface area contributed by atoms with Crippen LogP contribution in [0.5, 0.6) is 0 Å². The lowest BCUT2D eigenvalue weighted by molar-refractivity contribution is -0.126. The summed E-state index contributed by atoms with van der Waals surface area (Å²) < 4.78 is 14.9. The molecule has 0 radical (unpaired) electrons. The summed E-state index contributed by atoms with van der Waals surface area (Å²) in [6, 6.07) is 5.39. The van der Waals surface area contributed by atoms with Gasteiger partial charge in [-0.1, -0.05) is 25.4 Å². The molecule has 140 valence electrons. The fourth-order valence-electron chi connectivity index (χ4n) is 3.28. The van der Waals surface area contributed by atoms with Crippen molar-refractivity contribution >= 4 is 34.1 Å². The van der Waals surface area contributed by atoms with Crippen LogP contribution in [0.1, 0.15) is 33.6 Å². The molecule has 1 aliphatic heterocycles. The minimum absolute atomic E-state index is 0.0106. The number of hydrogen-bond acceptors (Lipinski definition) is 3. The summed E-state index contributed by atoms with van der Waals surface area (Å²) in [4.78, 5) is 18.5. The van der Waals surface area contributed by atoms with E-state index in [2.05, 4.69) is 24.1 Å². The second-order valence-corrected chi connectivity index (χ2v) is 7.80. The summed E-state index contributed by atoms with van der Waals surface area (Å²) in [6.07, 6.45) is 2.96. The SMILES string of the molecule is CC(C)C(C)NC(=O)C1CCN(c2ccc3c(Cl)ccnc3c2F)CC1. The molecule has 1 saturated heterocycles. The van der Waals surface area contributed by atoms with Crippen LogP contribution in [-0.2, 0) is 4.79 Å². The first-order valence-corrected chi connectivity index (χ1v) is 9.54. The van der Waals surface area contributed by atoms with E-state index >= 15 is 0 Å². The molecule has 4 nitrogen and oxygen atoms in total. The Bertz CT molecular complexity index is 803. The molecular formula is C20H25ClFN3O. The number of halogens is 2. The highest BCUT2D eigenvalue weighted by molar-refractivity contribution is 6.35. The van der Waals surface area contributed by atoms with Gasteiger partial charge in [-0.15, -0.1) is 0 Å². The van der Waals surface area contributed by atoms with Crippen LogP contribution >= 0.6 is 11.6 Å². The fraction of sp³-hybridized carbons (Fsp3) is 0.500. The van der Waals surface area contributed by atoms with E-state index in [0.29, 0.717) is 40.6 Å². The molecule has 1 fully saturated rings. The summed E-state index contributed by atoms with van der Waals surface area (Å²) in [6.45, 7) is 7.52. The fourth-order valence-corrected chi connectivity index (χ4v) is 3.48. The number of nitrogens with one attached hydrogen (secondary N) is 1. The summed E-state index contributed by atoms with van der Waals surface area (Å²) in [7, 11) is 0. The number of carbonyl (C=O) groups excluding carboxylic acids is 1. The molecule has 3 rings (SSSR count). The number of piperidine rings is 1. The molecule has 1 unspecified atom stereocenters. The summed E-state index contributed by atoms with van der Waals surface area (Å²) in [5.74, 6) is 0.160. The molecule has 1 aliphatic rings. The van der Waals surface area contributed by atoms with Gasteiger partial charge < -0.3 is 10.2 Å². The maximum Gasteiger partial charge on any atom is 0.223 e. The molecule has 1 aromatic heterocycles. The van der Waals surface area contributed by atoms with E-state index in [0.717, 1.165) is 12.8 Å². The van der Waals surface area contributed by atoms with Crippen molar-refractivity contribution in [2.75, 3.05) is 18.0 Å². The van der Waals surface area contributed by atoms with Gasteiger partial charge in [-0.2, -0.15) is 0 Å². The van der Waals surface area contributed by atoms with E-state index in [1.165, 1.54) is 6.20 Å². The Hall–Kier alpha value is -1.88. The Labute approximate surface area is 158 Å². The van der Waals surface area contributed by atoms with Gasteiger partial charge >= 0.3 is 0 Å². The predicted molar refractivity (Wildman–Crippen MR) is 104 cm³/mol. The molecule has 0 bridgehead atoms. The number of nitrogens with zero attached hydrogens (tertiary/aromatic N) is 2. The molecule has 0 saturated carbocycles. The maximum atomic E-state index is 14.9. The zero-order valence-electron chi connectivity index (χ0n) is 15.4. The third kappa shape index (κ3) is 3.78. The van der Waals surface area contributed by atoms with Crippen LogP contribution in [0.25, 0.3) is 10.9 Å². The van der Waals surface area contributed by atoms with Crippen molar-refractivity contribution < 1.29 is 9.18 Å². The summed E-state index contributed by atoms with van der Waals surface area (Å²) >= 11 is 6.12. The summed E-state index contributed by atoms with van der Waals surface area (Å²) in [5, 5.41) is 4.20. The number of rotatable bonds is 4. The monoisotopic (exact) mass is 377 g/mol. The minimum atomic E-state index is -0.346. The highest BCUT2D eigenvalue weighted by Crippen LogP contribution is 2.32. The lowest BCUT2D eigenvalue weighted by atomic mass is 9.94. The molecule has 1 N–H and O–H groups in total. The number of anilines is 1. The first-order chi connectivity index (χ1) is 12.4. The Kier molecular flexibility index (Phi) is 5.66. The third-order valence-electron chi connectivity index (χ3n) is 5.35. The molecule has 6 heteroatoms. The largest absolute Gasteiger partial charge is 0.369 e. The average Bonchev–Trinajstić information content (AvgIpc) is 2.63. The Morgan fingerprint density at radius 3 is 2.62 bits per heavy atom. The topological polar surface area (TPSA) is 45.2 Å². The van der Waals surface area contributed by atoms with E-state index < -0.39 is 0 Å². The van der Waals surface area contributed by atoms with Crippen molar-refractivity contribution in [1.82, 2.24) is 10.3 Å². The van der Waals surface area contributed by atoms with Crippen LogP contribution in [0.15, 0.2) is 24.4 Å². The van der Waals surface area contributed by atoms with E-state index in [-0.39, 0.29) is 23.7 Å². The maximum absolute atomic E-state index is 14.9. The van der Waals surface area contributed by atoms with Gasteiger partial charge in [0.05, 0.1) is 10.7 Å². The number of hydrogen-bond donors (Lipinski definition) is 1. The van der Waals surface area contributed by atoms with Gasteiger partial charge in [0.15, 0.2) is 5.82 Å². The van der Waals surface area contributed by atoms with Crippen LogP contribution in [0, 0.1) is 17.7 Å². The van der Waals surface area contributed by atoms with Crippen LogP contribution in [0.3, 0.4) is 0 Å². The number of amides is 1. The highest BCUT2D eigenvalue weighted by atomic mass is 35.5. The molecule has 1 aromatic carbocycles. The molecular weight excluding hydrogens is 353 g/mol. The number of carbonyl (C=O) groups is 1. The van der Waals surface area contributed by atoms with Gasteiger partial charge in [0, 0.05) is 36.6 Å². The highest BCUT2D eigenvalue weighted by Gasteiger charge is 2.28. The van der Waals surface area contributed by atoms with E-state index in [9.17, 15) is 9.18 Å². The van der Waals surface area contributed by atoms with Crippen molar-refractivity contribution in [2.45, 2.75) is 39.7 Å². The molecule has 26 heavy (non-hydrogen) atoms. The molecule has 2 aromatic rings. The lowest BCUT2D eigenvalue weighted by Gasteiger charge is -2.34. The van der Waals surface area contributed by atoms with Gasteiger partial charge in [-0.05, 0) is 43.9 Å². The number of pyridine rings is 1. The molecule has 2 heterocycles. The van der Waals surface area contributed by atoms with Crippen molar-refractivity contribution in [3.8, 4) is 0 Å². The lowest BCUT2D eigenvalue weighted by Crippen LogP contribution is -2.44. The quantitative estimate of drug-likeness (QED) is 0.858. The van der Waals surface area contributed by atoms with Crippen molar-refractivity contribution in [1.29, 1.82) is 0 Å². The van der Waals surface area contributed by atoms with Crippen LogP contribution in [0.4, 0.5) is 10.1 Å². The average molecular weight is 378 g/mol. The molecule has 0 spiro atoms. The van der Waals surface area contributed by atoms with Gasteiger partial charge in [0.2, 0.25) is 5.91 Å². The third-order valence-corrected chi connectivity index (χ3v) is 5.68. The van der Waals surface area contributed by atoms with Crippen molar-refractivity contribution in [3.05, 3.63) is 35.2 Å². The standard InChI is InChI=1S/C20H25ClFN3O/c1-12(2)13(3)24-20(26)14-7-10-25(11-8-14)17-5-4-15-16(21)6-9-23-19(15)18(17)22/h4-6,9,12-14H,7-8,10-11H2,1-3H3,(H,24,26). The summed E-state index contributed by atoms with van der Waals surface area (Å²) in [5.41, 5.74) is 0.822. The van der Waals surface area contributed by atoms with Crippen molar-refractivity contribution in [3.63, 3.8) is 0 Å². The van der Waals surface area contributed by atoms with E-state index in [1.54, 1.807) is 12.1 Å². The van der Waals surface area contributed by atoms with Crippen LogP contribution in [0.2, 0.25) is 5.02 Å². The first kappa shape index (κ1) is 18.9. The Balaban J connectivity index is 1.70. The second kappa shape index (κ2) is 7.78. The number of benzene rings is 1. The van der Waals surface area contributed by atoms with Gasteiger partial charge in [0.25, 0.3) is 0 Å². The van der Waals surface area contributed by atoms with Crippen LogP contribution in [-0.4, -0.2) is 30.0 Å². The van der Waals surface area contributed by atoms with Crippen LogP contribution < -0.4 is 10.2 Å². The smallest absolute Gasteiger partial charge is 0.223 e. The number of aromatic nitrogens is 1. The van der Waals surface area contributed by atoms with Gasteiger partial charge in [0.1, 0.15) is 5.52 Å². The van der Waals surface area contributed by atoms with Gasteiger partial charge in [-0.3, -0.25) is 9.78 Å². The van der Waals surface area contributed by atoms with Gasteiger partial charge in [-0.25, -0.2) is 4.39 Å². The van der Waals surface area contributed by atoms with Crippen molar-refractivity contribution in [2.24, 2.45) is 11.8 Å². The molecule has 1 amide bonds. The van der Waals surface area contributed by atoms with E-state index in [4.69, 9.17) is 11.6 Å². The van der Waals surface area contributed by atoms with E-state index in [1.807, 2.05) is 17.9 Å². The zero-order valence-corrected chi connectivity index (χ0v) is 16.2. The second-order valence-electron chi connectivity index (χ2n) is 7.39. The Morgan fingerprint density at radius 1 is 1.27 bits per heavy atom. The number of fused-ring (bicyclic) bond motifs is 1.